The van der Waals surface area contributed by atoms with Crippen molar-refractivity contribution in [2.24, 2.45) is 0 Å². The third-order valence-electron chi connectivity index (χ3n) is 2.38. The summed E-state index contributed by atoms with van der Waals surface area (Å²) >= 11 is 0.991. The second kappa shape index (κ2) is 6.07. The number of hydrogen-bond donors (Lipinski definition) is 3. The molecule has 0 fully saturated rings. The van der Waals surface area contributed by atoms with Crippen molar-refractivity contribution in [3.8, 4) is 5.75 Å². The number of hydrogen-bond acceptors (Lipinski definition) is 4. The van der Waals surface area contributed by atoms with Crippen LogP contribution >= 0.6 is 11.3 Å². The molecule has 0 aliphatic heterocycles. The van der Waals surface area contributed by atoms with Gasteiger partial charge in [-0.3, -0.25) is 5.32 Å². The number of ether oxygens (including phenoxy) is 1. The number of amides is 2. The first-order chi connectivity index (χ1) is 9.58. The van der Waals surface area contributed by atoms with Gasteiger partial charge in [0, 0.05) is 11.8 Å². The molecule has 6 nitrogen and oxygen atoms in total. The molecule has 1 heterocycles. The van der Waals surface area contributed by atoms with E-state index in [2.05, 4.69) is 10.6 Å². The molecule has 20 heavy (non-hydrogen) atoms. The summed E-state index contributed by atoms with van der Waals surface area (Å²) in [5.74, 6) is -0.386. The summed E-state index contributed by atoms with van der Waals surface area (Å²) in [4.78, 5) is 22.7. The lowest BCUT2D eigenvalue weighted by molar-refractivity contribution is 0.0702. The Morgan fingerprint density at radius 1 is 1.20 bits per heavy atom. The topological polar surface area (TPSA) is 87.7 Å². The predicted octanol–water partition coefficient (Wildman–Crippen LogP) is 3.10. The third kappa shape index (κ3) is 3.48. The van der Waals surface area contributed by atoms with Crippen LogP contribution in [0.25, 0.3) is 0 Å². The van der Waals surface area contributed by atoms with Gasteiger partial charge in [0.25, 0.3) is 0 Å². The molecule has 2 amide bonds. The minimum absolute atomic E-state index is 0.168. The first-order valence-corrected chi connectivity index (χ1v) is 6.45. The highest BCUT2D eigenvalue weighted by Gasteiger charge is 2.09. The molecule has 0 saturated carbocycles. The van der Waals surface area contributed by atoms with Gasteiger partial charge in [0.15, 0.2) is 0 Å². The summed E-state index contributed by atoms with van der Waals surface area (Å²) < 4.78 is 5.05. The molecule has 0 spiro atoms. The van der Waals surface area contributed by atoms with E-state index in [0.29, 0.717) is 16.4 Å². The van der Waals surface area contributed by atoms with Crippen LogP contribution in [0.3, 0.4) is 0 Å². The van der Waals surface area contributed by atoms with Gasteiger partial charge < -0.3 is 15.2 Å². The zero-order valence-corrected chi connectivity index (χ0v) is 11.4. The fourth-order valence-corrected chi connectivity index (χ4v) is 2.24. The Morgan fingerprint density at radius 3 is 2.65 bits per heavy atom. The number of carbonyl (C=O) groups excluding carboxylic acids is 1. The van der Waals surface area contributed by atoms with E-state index in [1.54, 1.807) is 30.3 Å². The molecule has 3 N–H and O–H groups in total. The summed E-state index contributed by atoms with van der Waals surface area (Å²) in [5.41, 5.74) is 0.580. The Balaban J connectivity index is 1.99. The third-order valence-corrected chi connectivity index (χ3v) is 3.37. The van der Waals surface area contributed by atoms with E-state index in [0.717, 1.165) is 11.3 Å². The SMILES string of the molecule is COc1cccc(NC(=O)Nc2ccc(C(=O)O)s2)c1. The summed E-state index contributed by atoms with van der Waals surface area (Å²) in [6, 6.07) is 9.45. The van der Waals surface area contributed by atoms with E-state index in [-0.39, 0.29) is 4.88 Å². The van der Waals surface area contributed by atoms with Crippen LogP contribution in [0.15, 0.2) is 36.4 Å². The van der Waals surface area contributed by atoms with Crippen LogP contribution in [0.5, 0.6) is 5.75 Å². The fourth-order valence-electron chi connectivity index (χ4n) is 1.50. The van der Waals surface area contributed by atoms with Crippen LogP contribution in [0, 0.1) is 0 Å². The Labute approximate surface area is 119 Å². The maximum absolute atomic E-state index is 11.8. The van der Waals surface area contributed by atoms with Crippen molar-refractivity contribution in [2.75, 3.05) is 17.7 Å². The summed E-state index contributed by atoms with van der Waals surface area (Å²) in [5, 5.41) is 14.5. The van der Waals surface area contributed by atoms with E-state index >= 15 is 0 Å². The van der Waals surface area contributed by atoms with Crippen LogP contribution in [0.2, 0.25) is 0 Å². The lowest BCUT2D eigenvalue weighted by Gasteiger charge is -2.07. The Kier molecular flexibility index (Phi) is 4.21. The average Bonchev–Trinajstić information content (AvgIpc) is 2.87. The largest absolute Gasteiger partial charge is 0.497 e. The summed E-state index contributed by atoms with van der Waals surface area (Å²) in [6.45, 7) is 0. The standard InChI is InChI=1S/C13H12N2O4S/c1-19-9-4-2-3-8(7-9)14-13(18)15-11-6-5-10(20-11)12(16)17/h2-7H,1H3,(H,16,17)(H2,14,15,18). The van der Waals surface area contributed by atoms with Crippen molar-refractivity contribution in [3.63, 3.8) is 0 Å². The highest BCUT2D eigenvalue weighted by atomic mass is 32.1. The number of thiophene rings is 1. The fraction of sp³-hybridized carbons (Fsp3) is 0.0769. The number of carboxylic acid groups (broad SMARTS) is 1. The van der Waals surface area contributed by atoms with Gasteiger partial charge in [0.2, 0.25) is 0 Å². The van der Waals surface area contributed by atoms with Crippen LogP contribution in [-0.4, -0.2) is 24.2 Å². The first kappa shape index (κ1) is 13.9. The molecule has 1 aromatic carbocycles. The zero-order valence-electron chi connectivity index (χ0n) is 10.5. The number of methoxy groups -OCH3 is 1. The van der Waals surface area contributed by atoms with Gasteiger partial charge in [-0.25, -0.2) is 9.59 Å². The molecule has 2 aromatic rings. The molecule has 1 aromatic heterocycles. The van der Waals surface area contributed by atoms with Gasteiger partial charge in [0.1, 0.15) is 10.6 Å². The van der Waals surface area contributed by atoms with Crippen molar-refractivity contribution in [3.05, 3.63) is 41.3 Å². The molecule has 7 heteroatoms. The van der Waals surface area contributed by atoms with Crippen molar-refractivity contribution in [1.82, 2.24) is 0 Å². The number of rotatable bonds is 4. The molecule has 0 bridgehead atoms. The maximum Gasteiger partial charge on any atom is 0.345 e. The van der Waals surface area contributed by atoms with E-state index < -0.39 is 12.0 Å². The minimum Gasteiger partial charge on any atom is -0.497 e. The monoisotopic (exact) mass is 292 g/mol. The van der Waals surface area contributed by atoms with Crippen molar-refractivity contribution in [1.29, 1.82) is 0 Å². The number of benzene rings is 1. The zero-order chi connectivity index (χ0) is 14.5. The van der Waals surface area contributed by atoms with Gasteiger partial charge in [-0.05, 0) is 24.3 Å². The molecule has 0 atom stereocenters. The molecule has 0 saturated heterocycles. The Hall–Kier alpha value is -2.54. The van der Waals surface area contributed by atoms with Gasteiger partial charge >= 0.3 is 12.0 Å². The van der Waals surface area contributed by atoms with Crippen molar-refractivity contribution >= 4 is 34.0 Å². The van der Waals surface area contributed by atoms with E-state index in [9.17, 15) is 9.59 Å². The molecular formula is C13H12N2O4S. The molecule has 2 rings (SSSR count). The highest BCUT2D eigenvalue weighted by Crippen LogP contribution is 2.22. The molecule has 0 unspecified atom stereocenters. The first-order valence-electron chi connectivity index (χ1n) is 5.63. The van der Waals surface area contributed by atoms with Crippen molar-refractivity contribution < 1.29 is 19.4 Å². The normalized spacial score (nSPS) is 9.85. The molecule has 0 aliphatic carbocycles. The Bertz CT molecular complexity index is 639. The van der Waals surface area contributed by atoms with Crippen molar-refractivity contribution in [2.45, 2.75) is 0 Å². The number of nitrogens with one attached hydrogen (secondary N) is 2. The maximum atomic E-state index is 11.8. The number of urea groups is 1. The summed E-state index contributed by atoms with van der Waals surface area (Å²) in [6.07, 6.45) is 0. The smallest absolute Gasteiger partial charge is 0.345 e. The number of carboxylic acids is 1. The molecule has 0 aliphatic rings. The minimum atomic E-state index is -1.02. The lowest BCUT2D eigenvalue weighted by Crippen LogP contribution is -2.18. The quantitative estimate of drug-likeness (QED) is 0.808. The second-order valence-corrected chi connectivity index (χ2v) is 4.86. The van der Waals surface area contributed by atoms with Gasteiger partial charge in [-0.15, -0.1) is 11.3 Å². The lowest BCUT2D eigenvalue weighted by atomic mass is 10.3. The van der Waals surface area contributed by atoms with E-state index in [1.165, 1.54) is 13.2 Å². The van der Waals surface area contributed by atoms with Gasteiger partial charge in [-0.1, -0.05) is 6.07 Å². The number of carbonyl (C=O) groups is 2. The van der Waals surface area contributed by atoms with Gasteiger partial charge in [-0.2, -0.15) is 0 Å². The summed E-state index contributed by atoms with van der Waals surface area (Å²) in [7, 11) is 1.54. The average molecular weight is 292 g/mol. The van der Waals surface area contributed by atoms with Crippen LogP contribution < -0.4 is 15.4 Å². The second-order valence-electron chi connectivity index (χ2n) is 3.78. The Morgan fingerprint density at radius 2 is 2.00 bits per heavy atom. The number of anilines is 2. The highest BCUT2D eigenvalue weighted by molar-refractivity contribution is 7.18. The van der Waals surface area contributed by atoms with E-state index in [1.807, 2.05) is 0 Å². The number of aromatic carboxylic acids is 1. The molecule has 0 radical (unpaired) electrons. The van der Waals surface area contributed by atoms with E-state index in [4.69, 9.17) is 9.84 Å². The molecule has 104 valence electrons. The van der Waals surface area contributed by atoms with Crippen LogP contribution in [0.1, 0.15) is 9.67 Å². The molecular weight excluding hydrogens is 280 g/mol. The van der Waals surface area contributed by atoms with Gasteiger partial charge in [0.05, 0.1) is 12.1 Å². The van der Waals surface area contributed by atoms with Crippen LogP contribution in [0.4, 0.5) is 15.5 Å². The predicted molar refractivity (Wildman–Crippen MR) is 76.9 cm³/mol. The van der Waals surface area contributed by atoms with Crippen LogP contribution in [-0.2, 0) is 0 Å².